The maximum absolute atomic E-state index is 9.48. The van der Waals surface area contributed by atoms with Crippen molar-refractivity contribution in [2.45, 2.75) is 27.7 Å². The third-order valence-corrected chi connectivity index (χ3v) is 0.862. The van der Waals surface area contributed by atoms with Crippen molar-refractivity contribution < 1.29 is 70.6 Å². The van der Waals surface area contributed by atoms with E-state index >= 15 is 0 Å². The Balaban J connectivity index is -0.0000000591. The summed E-state index contributed by atoms with van der Waals surface area (Å²) in [5, 5.41) is 27.7. The summed E-state index contributed by atoms with van der Waals surface area (Å²) in [5.41, 5.74) is 0. The smallest absolute Gasteiger partial charge is 0.542 e. The minimum absolute atomic E-state index is 0. The number of carbonyl (C=O) groups is 6. The number of carboxylic acid groups (broad SMARTS) is 3. The van der Waals surface area contributed by atoms with E-state index in [9.17, 15) is 44.1 Å². The predicted octanol–water partition coefficient (Wildman–Crippen LogP) is -4.91. The molecule has 0 bridgehead atoms. The normalized spacial score (nSPS) is 6.73. The second-order valence-electron chi connectivity index (χ2n) is 2.74. The molecule has 0 rings (SSSR count). The monoisotopic (exact) mass is 352 g/mol. The maximum Gasteiger partial charge on any atom is 4.00 e. The number of aliphatic carboxylic acids is 3. The summed E-state index contributed by atoms with van der Waals surface area (Å²) in [6, 6.07) is 0. The van der Waals surface area contributed by atoms with E-state index in [-0.39, 0.29) is 21.7 Å². The van der Waals surface area contributed by atoms with E-state index in [4.69, 9.17) is 4.79 Å². The van der Waals surface area contributed by atoms with E-state index < -0.39 is 35.3 Å². The van der Waals surface area contributed by atoms with Crippen LogP contribution in [0, 0.1) is 0 Å². The van der Waals surface area contributed by atoms with Crippen LogP contribution in [-0.2, 0) is 55.3 Å². The zero-order chi connectivity index (χ0) is 18.2. The SMILES string of the molecule is CC(=O)C(=O)[O-].CC(=O)C(=O)[O-].CC(=O)C(=O)[O-].C[C-]=O.[Ti+4]. The predicted molar refractivity (Wildman–Crippen MR) is 58.4 cm³/mol. The van der Waals surface area contributed by atoms with Crippen LogP contribution in [0.2, 0.25) is 0 Å². The van der Waals surface area contributed by atoms with Crippen LogP contribution in [0.4, 0.5) is 0 Å². The molecule has 0 aliphatic carbocycles. The van der Waals surface area contributed by atoms with Crippen molar-refractivity contribution in [1.82, 2.24) is 0 Å². The number of hydrogen-bond acceptors (Lipinski definition) is 10. The van der Waals surface area contributed by atoms with Crippen LogP contribution < -0.4 is 15.3 Å². The number of carbonyl (C=O) groups excluding carboxylic acids is 7. The summed E-state index contributed by atoms with van der Waals surface area (Å²) in [6.07, 6.45) is 1.50. The first-order valence-electron chi connectivity index (χ1n) is 4.79. The zero-order valence-electron chi connectivity index (χ0n) is 12.1. The number of Topliss-reactive ketones (excluding diaryl/α,β-unsaturated/α-hetero) is 3. The standard InChI is InChI=1S/3C3H4O3.C2H3O.Ti/c3*1-2(4)3(5)6;1-2-3;/h3*1H3,(H,5,6);1H3;/q;;;-1;+4/p-3. The van der Waals surface area contributed by atoms with Crippen molar-refractivity contribution in [3.63, 3.8) is 0 Å². The Labute approximate surface area is 140 Å². The Kier molecular flexibility index (Phi) is 30.7. The van der Waals surface area contributed by atoms with Crippen LogP contribution >= 0.6 is 0 Å². The number of carboxylic acids is 3. The van der Waals surface area contributed by atoms with Crippen LogP contribution in [0.1, 0.15) is 27.7 Å². The molecule has 120 valence electrons. The molecule has 11 heteroatoms. The molecule has 0 aromatic carbocycles. The van der Waals surface area contributed by atoms with Gasteiger partial charge in [0.15, 0.2) is 17.3 Å². The molecule has 0 spiro atoms. The molecule has 0 saturated carbocycles. The molecular formula is C11H12O10Ti. The second kappa shape index (κ2) is 21.1. The van der Waals surface area contributed by atoms with Crippen LogP contribution in [0.3, 0.4) is 0 Å². The van der Waals surface area contributed by atoms with Gasteiger partial charge in [0.2, 0.25) is 0 Å². The third-order valence-electron chi connectivity index (χ3n) is 0.862. The van der Waals surface area contributed by atoms with Gasteiger partial charge in [0.25, 0.3) is 0 Å². The topological polar surface area (TPSA) is 189 Å². The number of hydrogen-bond donors (Lipinski definition) is 0. The molecule has 0 heterocycles. The Hall–Kier alpha value is -2.20. The molecule has 0 aromatic rings. The minimum atomic E-state index is -1.63. The summed E-state index contributed by atoms with van der Waals surface area (Å²) < 4.78 is 0. The molecule has 0 saturated heterocycles. The Bertz CT molecular complexity index is 320. The first-order chi connectivity index (χ1) is 9.34. The van der Waals surface area contributed by atoms with Gasteiger partial charge in [0.05, 0.1) is 0 Å². The van der Waals surface area contributed by atoms with E-state index in [1.165, 1.54) is 13.2 Å². The summed E-state index contributed by atoms with van der Waals surface area (Å²) in [4.78, 5) is 64.8. The number of ketones is 3. The summed E-state index contributed by atoms with van der Waals surface area (Å²) >= 11 is 0. The van der Waals surface area contributed by atoms with Gasteiger partial charge in [-0.1, -0.05) is 0 Å². The van der Waals surface area contributed by atoms with Gasteiger partial charge in [-0.05, 0) is 0 Å². The molecule has 0 aliphatic heterocycles. The van der Waals surface area contributed by atoms with Crippen molar-refractivity contribution in [3.8, 4) is 0 Å². The van der Waals surface area contributed by atoms with Crippen LogP contribution in [0.5, 0.6) is 0 Å². The average Bonchev–Trinajstić information content (AvgIpc) is 2.30. The van der Waals surface area contributed by atoms with E-state index in [0.29, 0.717) is 0 Å². The van der Waals surface area contributed by atoms with Crippen molar-refractivity contribution in [2.24, 2.45) is 0 Å². The van der Waals surface area contributed by atoms with E-state index in [1.54, 1.807) is 0 Å². The molecule has 0 unspecified atom stereocenters. The molecule has 0 N–H and O–H groups in total. The van der Waals surface area contributed by atoms with Gasteiger partial charge in [-0.15, -0.1) is 0 Å². The molecule has 0 amide bonds. The molecule has 22 heavy (non-hydrogen) atoms. The molecule has 0 fully saturated rings. The van der Waals surface area contributed by atoms with Crippen molar-refractivity contribution in [1.29, 1.82) is 0 Å². The first-order valence-corrected chi connectivity index (χ1v) is 4.79. The van der Waals surface area contributed by atoms with Gasteiger partial charge >= 0.3 is 21.7 Å². The molecule has 10 nitrogen and oxygen atoms in total. The van der Waals surface area contributed by atoms with Crippen molar-refractivity contribution >= 4 is 41.5 Å². The maximum atomic E-state index is 9.48. The third kappa shape index (κ3) is 52.3. The van der Waals surface area contributed by atoms with E-state index in [2.05, 4.69) is 0 Å². The minimum Gasteiger partial charge on any atom is -0.542 e. The largest absolute Gasteiger partial charge is 4.00 e. The van der Waals surface area contributed by atoms with Gasteiger partial charge in [-0.2, -0.15) is 6.92 Å². The fourth-order valence-corrected chi connectivity index (χ4v) is 0. The van der Waals surface area contributed by atoms with Gasteiger partial charge in [0, 0.05) is 20.8 Å². The molecule has 0 atom stereocenters. The van der Waals surface area contributed by atoms with Crippen LogP contribution in [0.25, 0.3) is 0 Å². The van der Waals surface area contributed by atoms with Crippen LogP contribution in [-0.4, -0.2) is 41.5 Å². The molecule has 0 aromatic heterocycles. The fourth-order valence-electron chi connectivity index (χ4n) is 0. The van der Waals surface area contributed by atoms with Crippen molar-refractivity contribution in [2.75, 3.05) is 0 Å². The Morgan fingerprint density at radius 3 is 0.682 bits per heavy atom. The van der Waals surface area contributed by atoms with E-state index in [1.807, 2.05) is 0 Å². The van der Waals surface area contributed by atoms with Crippen LogP contribution in [0.15, 0.2) is 0 Å². The number of rotatable bonds is 3. The average molecular weight is 352 g/mol. The second-order valence-corrected chi connectivity index (χ2v) is 2.74. The van der Waals surface area contributed by atoms with Gasteiger partial charge in [-0.3, -0.25) is 20.7 Å². The van der Waals surface area contributed by atoms with Gasteiger partial charge < -0.3 is 34.5 Å². The van der Waals surface area contributed by atoms with Crippen molar-refractivity contribution in [3.05, 3.63) is 0 Å². The summed E-state index contributed by atoms with van der Waals surface area (Å²) in [5.74, 6) is -7.69. The molecular weight excluding hydrogens is 340 g/mol. The quantitative estimate of drug-likeness (QED) is 0.270. The summed E-state index contributed by atoms with van der Waals surface area (Å²) in [7, 11) is 0. The zero-order valence-corrected chi connectivity index (χ0v) is 13.6. The van der Waals surface area contributed by atoms with Gasteiger partial charge in [0.1, 0.15) is 17.9 Å². The Morgan fingerprint density at radius 2 is 0.682 bits per heavy atom. The Morgan fingerprint density at radius 1 is 0.636 bits per heavy atom. The van der Waals surface area contributed by atoms with E-state index in [0.717, 1.165) is 20.8 Å². The van der Waals surface area contributed by atoms with Gasteiger partial charge in [-0.25, -0.2) is 0 Å². The molecule has 0 aliphatic rings. The first kappa shape index (κ1) is 32.0. The fraction of sp³-hybridized carbons (Fsp3) is 0.364. The molecule has 0 radical (unpaired) electrons. The summed E-state index contributed by atoms with van der Waals surface area (Å²) in [6.45, 7) is 4.14.